The second kappa shape index (κ2) is 7.87. The lowest BCUT2D eigenvalue weighted by Crippen LogP contribution is -2.38. The molecule has 1 saturated heterocycles. The summed E-state index contributed by atoms with van der Waals surface area (Å²) >= 11 is 1.66. The van der Waals surface area contributed by atoms with Crippen molar-refractivity contribution in [2.45, 2.75) is 12.8 Å². The lowest BCUT2D eigenvalue weighted by molar-refractivity contribution is -0.120. The highest BCUT2D eigenvalue weighted by Crippen LogP contribution is 2.33. The van der Waals surface area contributed by atoms with Crippen molar-refractivity contribution in [1.82, 2.24) is 4.98 Å². The predicted molar refractivity (Wildman–Crippen MR) is 111 cm³/mol. The lowest BCUT2D eigenvalue weighted by atomic mass is 9.96. The third-order valence-corrected chi connectivity index (χ3v) is 6.08. The number of nitriles is 1. The fourth-order valence-electron chi connectivity index (χ4n) is 3.36. The number of piperidine rings is 1. The topological polar surface area (TPSA) is 78.2 Å². The molecule has 2 heterocycles. The monoisotopic (exact) mass is 392 g/mol. The summed E-state index contributed by atoms with van der Waals surface area (Å²) in [6.07, 6.45) is 1.59. The molecule has 0 radical (unpaired) electrons. The van der Waals surface area contributed by atoms with Crippen molar-refractivity contribution in [1.29, 1.82) is 5.26 Å². The summed E-state index contributed by atoms with van der Waals surface area (Å²) in [7, 11) is 1.66. The lowest BCUT2D eigenvalue weighted by Gasteiger charge is -2.31. The number of nitrogens with zero attached hydrogens (tertiary/aromatic N) is 3. The van der Waals surface area contributed by atoms with Gasteiger partial charge in [0.15, 0.2) is 5.13 Å². The first-order valence-electron chi connectivity index (χ1n) is 9.17. The Kier molecular flexibility index (Phi) is 5.13. The van der Waals surface area contributed by atoms with E-state index in [0.717, 1.165) is 52.7 Å². The number of carbonyl (C=O) groups excluding carboxylic acids is 1. The van der Waals surface area contributed by atoms with Gasteiger partial charge in [-0.3, -0.25) is 4.79 Å². The first-order chi connectivity index (χ1) is 13.7. The number of hydrogen-bond acceptors (Lipinski definition) is 6. The quantitative estimate of drug-likeness (QED) is 0.725. The number of thiazole rings is 1. The molecule has 0 aliphatic carbocycles. The fraction of sp³-hybridized carbons (Fsp3) is 0.286. The van der Waals surface area contributed by atoms with Crippen molar-refractivity contribution in [2.75, 3.05) is 30.4 Å². The second-order valence-corrected chi connectivity index (χ2v) is 7.78. The molecule has 28 heavy (non-hydrogen) atoms. The van der Waals surface area contributed by atoms with Crippen LogP contribution in [-0.4, -0.2) is 31.1 Å². The van der Waals surface area contributed by atoms with Gasteiger partial charge in [0, 0.05) is 24.7 Å². The summed E-state index contributed by atoms with van der Waals surface area (Å²) in [6, 6.07) is 14.9. The largest absolute Gasteiger partial charge is 0.497 e. The highest BCUT2D eigenvalue weighted by molar-refractivity contribution is 7.22. The number of carbonyl (C=O) groups is 1. The number of rotatable bonds is 4. The van der Waals surface area contributed by atoms with E-state index in [2.05, 4.69) is 16.3 Å². The minimum atomic E-state index is -0.0126. The van der Waals surface area contributed by atoms with Crippen molar-refractivity contribution < 1.29 is 9.53 Å². The van der Waals surface area contributed by atoms with Crippen molar-refractivity contribution in [3.05, 3.63) is 48.0 Å². The van der Waals surface area contributed by atoms with Crippen LogP contribution in [0.3, 0.4) is 0 Å². The molecule has 0 atom stereocenters. The van der Waals surface area contributed by atoms with E-state index < -0.39 is 0 Å². The van der Waals surface area contributed by atoms with Gasteiger partial charge < -0.3 is 15.0 Å². The van der Waals surface area contributed by atoms with Gasteiger partial charge >= 0.3 is 0 Å². The number of hydrogen-bond donors (Lipinski definition) is 1. The molecule has 6 nitrogen and oxygen atoms in total. The predicted octanol–water partition coefficient (Wildman–Crippen LogP) is 4.03. The van der Waals surface area contributed by atoms with Gasteiger partial charge in [-0.1, -0.05) is 11.3 Å². The molecule has 1 aliphatic heterocycles. The van der Waals surface area contributed by atoms with Crippen LogP contribution < -0.4 is 15.0 Å². The van der Waals surface area contributed by atoms with Crippen LogP contribution in [0.2, 0.25) is 0 Å². The third-order valence-electron chi connectivity index (χ3n) is 5.00. The molecule has 0 unspecified atom stereocenters. The molecule has 1 aliphatic rings. The number of nitrogens with one attached hydrogen (secondary N) is 1. The number of aromatic nitrogens is 1. The van der Waals surface area contributed by atoms with E-state index in [9.17, 15) is 4.79 Å². The Labute approximate surface area is 167 Å². The zero-order valence-electron chi connectivity index (χ0n) is 15.5. The number of amides is 1. The molecule has 0 saturated carbocycles. The molecular formula is C21H20N4O2S. The van der Waals surface area contributed by atoms with E-state index in [4.69, 9.17) is 15.0 Å². The van der Waals surface area contributed by atoms with E-state index in [0.29, 0.717) is 5.56 Å². The number of benzene rings is 2. The van der Waals surface area contributed by atoms with Crippen LogP contribution in [0.25, 0.3) is 10.2 Å². The van der Waals surface area contributed by atoms with Crippen LogP contribution >= 0.6 is 11.3 Å². The maximum Gasteiger partial charge on any atom is 0.227 e. The molecule has 7 heteroatoms. The normalized spacial score (nSPS) is 14.6. The number of ether oxygens (including phenoxy) is 1. The Morgan fingerprint density at radius 3 is 2.68 bits per heavy atom. The molecular weight excluding hydrogens is 372 g/mol. The summed E-state index contributed by atoms with van der Waals surface area (Å²) in [5.41, 5.74) is 2.28. The van der Waals surface area contributed by atoms with Crippen LogP contribution in [0.4, 0.5) is 10.8 Å². The fourth-order valence-corrected chi connectivity index (χ4v) is 4.41. The van der Waals surface area contributed by atoms with Crippen LogP contribution in [0.5, 0.6) is 5.75 Å². The molecule has 1 N–H and O–H groups in total. The van der Waals surface area contributed by atoms with Crippen LogP contribution in [-0.2, 0) is 4.79 Å². The number of fused-ring (bicyclic) bond motifs is 1. The van der Waals surface area contributed by atoms with Gasteiger partial charge in [-0.2, -0.15) is 5.26 Å². The first-order valence-corrected chi connectivity index (χ1v) is 9.98. The average Bonchev–Trinajstić information content (AvgIpc) is 3.17. The van der Waals surface area contributed by atoms with E-state index in [1.54, 1.807) is 42.7 Å². The summed E-state index contributed by atoms with van der Waals surface area (Å²) in [5, 5.41) is 12.8. The summed E-state index contributed by atoms with van der Waals surface area (Å²) in [4.78, 5) is 19.5. The van der Waals surface area contributed by atoms with Crippen molar-refractivity contribution in [3.8, 4) is 11.8 Å². The zero-order valence-corrected chi connectivity index (χ0v) is 16.3. The SMILES string of the molecule is COc1ccc2nc(N3CCC(C(=O)Nc4ccc(C#N)cc4)CC3)sc2c1. The molecule has 0 bridgehead atoms. The van der Waals surface area contributed by atoms with Gasteiger partial charge in [0.1, 0.15) is 5.75 Å². The minimum absolute atomic E-state index is 0.0126. The average molecular weight is 392 g/mol. The Morgan fingerprint density at radius 1 is 1.25 bits per heavy atom. The Bertz CT molecular complexity index is 1030. The van der Waals surface area contributed by atoms with Gasteiger partial charge in [0.05, 0.1) is 29.0 Å². The Balaban J connectivity index is 1.37. The van der Waals surface area contributed by atoms with E-state index in [-0.39, 0.29) is 11.8 Å². The highest BCUT2D eigenvalue weighted by atomic mass is 32.1. The molecule has 1 aromatic heterocycles. The first kappa shape index (κ1) is 18.3. The van der Waals surface area contributed by atoms with Crippen LogP contribution in [0.1, 0.15) is 18.4 Å². The summed E-state index contributed by atoms with van der Waals surface area (Å²) < 4.78 is 6.39. The Morgan fingerprint density at radius 2 is 2.00 bits per heavy atom. The second-order valence-electron chi connectivity index (χ2n) is 6.77. The van der Waals surface area contributed by atoms with Crippen LogP contribution in [0.15, 0.2) is 42.5 Å². The van der Waals surface area contributed by atoms with E-state index in [1.165, 1.54) is 0 Å². The van der Waals surface area contributed by atoms with E-state index in [1.807, 2.05) is 18.2 Å². The standard InChI is InChI=1S/C21H20N4O2S/c1-27-17-6-7-18-19(12-17)28-21(24-18)25-10-8-15(9-11-25)20(26)23-16-4-2-14(13-22)3-5-16/h2-7,12,15H,8-11H2,1H3,(H,23,26). The maximum absolute atomic E-state index is 12.6. The summed E-state index contributed by atoms with van der Waals surface area (Å²) in [5.74, 6) is 0.862. The minimum Gasteiger partial charge on any atom is -0.497 e. The third kappa shape index (κ3) is 3.78. The van der Waals surface area contributed by atoms with Crippen LogP contribution in [0, 0.1) is 17.2 Å². The van der Waals surface area contributed by atoms with Crippen molar-refractivity contribution in [2.24, 2.45) is 5.92 Å². The van der Waals surface area contributed by atoms with Crippen molar-refractivity contribution >= 4 is 38.3 Å². The molecule has 1 amide bonds. The molecule has 1 fully saturated rings. The molecule has 3 aromatic rings. The van der Waals surface area contributed by atoms with Gasteiger partial charge in [0.25, 0.3) is 0 Å². The Hall–Kier alpha value is -3.11. The van der Waals surface area contributed by atoms with E-state index >= 15 is 0 Å². The molecule has 0 spiro atoms. The number of methoxy groups -OCH3 is 1. The van der Waals surface area contributed by atoms with Gasteiger partial charge in [-0.15, -0.1) is 0 Å². The number of anilines is 2. The van der Waals surface area contributed by atoms with Gasteiger partial charge in [0.2, 0.25) is 5.91 Å². The molecule has 2 aromatic carbocycles. The van der Waals surface area contributed by atoms with Crippen molar-refractivity contribution in [3.63, 3.8) is 0 Å². The summed E-state index contributed by atoms with van der Waals surface area (Å²) in [6.45, 7) is 1.62. The smallest absolute Gasteiger partial charge is 0.227 e. The van der Waals surface area contributed by atoms with Gasteiger partial charge in [-0.05, 0) is 55.3 Å². The molecule has 4 rings (SSSR count). The maximum atomic E-state index is 12.6. The molecule has 142 valence electrons. The van der Waals surface area contributed by atoms with Gasteiger partial charge in [-0.25, -0.2) is 4.98 Å². The zero-order chi connectivity index (χ0) is 19.5. The highest BCUT2D eigenvalue weighted by Gasteiger charge is 2.26.